The summed E-state index contributed by atoms with van der Waals surface area (Å²) < 4.78 is 13.4. The number of aromatic nitrogens is 2. The van der Waals surface area contributed by atoms with Gasteiger partial charge in [-0.25, -0.2) is 4.39 Å². The van der Waals surface area contributed by atoms with Crippen molar-refractivity contribution in [2.75, 3.05) is 11.1 Å². The minimum absolute atomic E-state index is 0.121. The molecular formula is C28H20FN3OS2. The maximum Gasteiger partial charge on any atom is 0.234 e. The second-order valence-electron chi connectivity index (χ2n) is 7.65. The van der Waals surface area contributed by atoms with Gasteiger partial charge in [-0.1, -0.05) is 78.1 Å². The Morgan fingerprint density at radius 1 is 0.771 bits per heavy atom. The average Bonchev–Trinajstić information content (AvgIpc) is 2.89. The molecule has 0 saturated carbocycles. The molecule has 0 atom stereocenters. The predicted molar refractivity (Wildman–Crippen MR) is 141 cm³/mol. The normalized spacial score (nSPS) is 10.9. The molecule has 0 aliphatic heterocycles. The van der Waals surface area contributed by atoms with Crippen LogP contribution in [0.2, 0.25) is 0 Å². The summed E-state index contributed by atoms with van der Waals surface area (Å²) in [6.07, 6.45) is 0. The van der Waals surface area contributed by atoms with E-state index in [-0.39, 0.29) is 17.5 Å². The standard InChI is InChI=1S/C28H20FN3OS2/c29-20-16-14-19(15-17-20)27-22-10-4-5-11-23(22)28(32-31-27)34-18-26(33)30-24-12-6-7-13-25(24)35-21-8-2-1-3-9-21/h1-17H,18H2,(H,30,33). The molecule has 35 heavy (non-hydrogen) atoms. The fourth-order valence-electron chi connectivity index (χ4n) is 3.60. The molecular weight excluding hydrogens is 477 g/mol. The summed E-state index contributed by atoms with van der Waals surface area (Å²) in [6, 6.07) is 31.8. The molecule has 1 heterocycles. The van der Waals surface area contributed by atoms with E-state index in [4.69, 9.17) is 0 Å². The lowest BCUT2D eigenvalue weighted by molar-refractivity contribution is -0.113. The molecule has 1 N–H and O–H groups in total. The van der Waals surface area contributed by atoms with E-state index in [0.29, 0.717) is 10.7 Å². The Bertz CT molecular complexity index is 1480. The van der Waals surface area contributed by atoms with Crippen molar-refractivity contribution in [3.63, 3.8) is 0 Å². The van der Waals surface area contributed by atoms with Crippen LogP contribution < -0.4 is 5.32 Å². The molecule has 4 nitrogen and oxygen atoms in total. The number of halogens is 1. The first kappa shape index (κ1) is 23.1. The molecule has 0 aliphatic carbocycles. The summed E-state index contributed by atoms with van der Waals surface area (Å²) in [5.41, 5.74) is 2.24. The molecule has 1 aromatic heterocycles. The van der Waals surface area contributed by atoms with Gasteiger partial charge in [0.05, 0.1) is 11.4 Å². The van der Waals surface area contributed by atoms with Gasteiger partial charge in [0.25, 0.3) is 0 Å². The Balaban J connectivity index is 1.32. The third-order valence-electron chi connectivity index (χ3n) is 5.24. The largest absolute Gasteiger partial charge is 0.324 e. The van der Waals surface area contributed by atoms with Crippen LogP contribution in [0.5, 0.6) is 0 Å². The lowest BCUT2D eigenvalue weighted by Gasteiger charge is -2.11. The van der Waals surface area contributed by atoms with E-state index >= 15 is 0 Å². The fourth-order valence-corrected chi connectivity index (χ4v) is 5.30. The zero-order chi connectivity index (χ0) is 24.0. The smallest absolute Gasteiger partial charge is 0.234 e. The number of hydrogen-bond donors (Lipinski definition) is 1. The van der Waals surface area contributed by atoms with Gasteiger partial charge in [0.1, 0.15) is 16.5 Å². The van der Waals surface area contributed by atoms with Crippen molar-refractivity contribution >= 4 is 45.9 Å². The number of anilines is 1. The molecule has 0 spiro atoms. The van der Waals surface area contributed by atoms with Crippen molar-refractivity contribution in [1.82, 2.24) is 10.2 Å². The Morgan fingerprint density at radius 2 is 1.46 bits per heavy atom. The molecule has 5 aromatic rings. The summed E-state index contributed by atoms with van der Waals surface area (Å²) in [5, 5.41) is 14.3. The summed E-state index contributed by atoms with van der Waals surface area (Å²) in [7, 11) is 0. The quantitative estimate of drug-likeness (QED) is 0.239. The maximum absolute atomic E-state index is 13.4. The van der Waals surface area contributed by atoms with Gasteiger partial charge < -0.3 is 5.32 Å². The fraction of sp³-hybridized carbons (Fsp3) is 0.0357. The SMILES string of the molecule is O=C(CSc1nnc(-c2ccc(F)cc2)c2ccccc12)Nc1ccccc1Sc1ccccc1. The molecule has 4 aromatic carbocycles. The second kappa shape index (κ2) is 10.7. The van der Waals surface area contributed by atoms with Crippen molar-refractivity contribution in [3.8, 4) is 11.3 Å². The van der Waals surface area contributed by atoms with Crippen molar-refractivity contribution < 1.29 is 9.18 Å². The number of para-hydroxylation sites is 1. The second-order valence-corrected chi connectivity index (χ2v) is 9.73. The zero-order valence-electron chi connectivity index (χ0n) is 18.5. The van der Waals surface area contributed by atoms with Crippen LogP contribution in [0, 0.1) is 5.82 Å². The van der Waals surface area contributed by atoms with Gasteiger partial charge in [-0.2, -0.15) is 0 Å². The molecule has 0 fully saturated rings. The highest BCUT2D eigenvalue weighted by Gasteiger charge is 2.14. The number of amides is 1. The number of nitrogens with one attached hydrogen (secondary N) is 1. The van der Waals surface area contributed by atoms with Crippen LogP contribution in [0.15, 0.2) is 118 Å². The van der Waals surface area contributed by atoms with Crippen molar-refractivity contribution in [2.24, 2.45) is 0 Å². The van der Waals surface area contributed by atoms with Crippen molar-refractivity contribution in [2.45, 2.75) is 14.8 Å². The van der Waals surface area contributed by atoms with Gasteiger partial charge in [0, 0.05) is 26.1 Å². The topological polar surface area (TPSA) is 54.9 Å². The zero-order valence-corrected chi connectivity index (χ0v) is 20.2. The van der Waals surface area contributed by atoms with Gasteiger partial charge in [-0.3, -0.25) is 4.79 Å². The van der Waals surface area contributed by atoms with Gasteiger partial charge >= 0.3 is 0 Å². The van der Waals surface area contributed by atoms with E-state index < -0.39 is 0 Å². The number of fused-ring (bicyclic) bond motifs is 1. The molecule has 0 radical (unpaired) electrons. The van der Waals surface area contributed by atoms with Gasteiger partial charge in [-0.15, -0.1) is 10.2 Å². The van der Waals surface area contributed by atoms with E-state index in [1.165, 1.54) is 23.9 Å². The van der Waals surface area contributed by atoms with Crippen LogP contribution in [0.3, 0.4) is 0 Å². The van der Waals surface area contributed by atoms with Crippen molar-refractivity contribution in [3.05, 3.63) is 109 Å². The highest BCUT2D eigenvalue weighted by atomic mass is 32.2. The van der Waals surface area contributed by atoms with E-state index in [0.717, 1.165) is 31.8 Å². The van der Waals surface area contributed by atoms with E-state index in [1.54, 1.807) is 23.9 Å². The highest BCUT2D eigenvalue weighted by molar-refractivity contribution is 8.00. The monoisotopic (exact) mass is 497 g/mol. The molecule has 0 bridgehead atoms. The number of nitrogens with zero attached hydrogens (tertiary/aromatic N) is 2. The summed E-state index contributed by atoms with van der Waals surface area (Å²) in [5.74, 6) is -0.226. The van der Waals surface area contributed by atoms with Crippen LogP contribution in [-0.2, 0) is 4.79 Å². The van der Waals surface area contributed by atoms with E-state index in [9.17, 15) is 9.18 Å². The minimum atomic E-state index is -0.298. The lowest BCUT2D eigenvalue weighted by atomic mass is 10.1. The Labute approximate surface area is 211 Å². The third kappa shape index (κ3) is 5.53. The number of thioether (sulfide) groups is 1. The van der Waals surface area contributed by atoms with Crippen LogP contribution >= 0.6 is 23.5 Å². The first-order valence-electron chi connectivity index (χ1n) is 10.9. The van der Waals surface area contributed by atoms with Gasteiger partial charge in [0.2, 0.25) is 5.91 Å². The van der Waals surface area contributed by atoms with Crippen LogP contribution in [0.4, 0.5) is 10.1 Å². The first-order valence-corrected chi connectivity index (χ1v) is 12.7. The molecule has 0 saturated heterocycles. The molecule has 0 aliphatic rings. The van der Waals surface area contributed by atoms with Crippen molar-refractivity contribution in [1.29, 1.82) is 0 Å². The summed E-state index contributed by atoms with van der Waals surface area (Å²) in [6.45, 7) is 0. The number of carbonyl (C=O) groups is 1. The predicted octanol–water partition coefficient (Wildman–Crippen LogP) is 7.32. The molecule has 5 rings (SSSR count). The number of hydrogen-bond acceptors (Lipinski definition) is 5. The maximum atomic E-state index is 13.4. The van der Waals surface area contributed by atoms with E-state index in [2.05, 4.69) is 15.5 Å². The molecule has 0 unspecified atom stereocenters. The minimum Gasteiger partial charge on any atom is -0.324 e. The van der Waals surface area contributed by atoms with Gasteiger partial charge in [0.15, 0.2) is 0 Å². The van der Waals surface area contributed by atoms with E-state index in [1.807, 2.05) is 78.9 Å². The molecule has 1 amide bonds. The van der Waals surface area contributed by atoms with Crippen LogP contribution in [-0.4, -0.2) is 21.9 Å². The third-order valence-corrected chi connectivity index (χ3v) is 7.31. The first-order chi connectivity index (χ1) is 17.2. The summed E-state index contributed by atoms with van der Waals surface area (Å²) >= 11 is 2.95. The Kier molecular flexibility index (Phi) is 7.07. The number of carbonyl (C=O) groups excluding carboxylic acids is 1. The number of benzene rings is 4. The number of rotatable bonds is 7. The van der Waals surface area contributed by atoms with Crippen LogP contribution in [0.1, 0.15) is 0 Å². The highest BCUT2D eigenvalue weighted by Crippen LogP contribution is 2.34. The Morgan fingerprint density at radius 3 is 2.26 bits per heavy atom. The molecule has 7 heteroatoms. The van der Waals surface area contributed by atoms with Gasteiger partial charge in [-0.05, 0) is 48.5 Å². The lowest BCUT2D eigenvalue weighted by Crippen LogP contribution is -2.14. The molecule has 172 valence electrons. The summed E-state index contributed by atoms with van der Waals surface area (Å²) in [4.78, 5) is 14.9. The van der Waals surface area contributed by atoms with Crippen LogP contribution in [0.25, 0.3) is 22.0 Å². The Hall–Kier alpha value is -3.68. The average molecular weight is 498 g/mol.